The van der Waals surface area contributed by atoms with E-state index < -0.39 is 0 Å². The van der Waals surface area contributed by atoms with Crippen molar-refractivity contribution in [3.63, 3.8) is 0 Å². The van der Waals surface area contributed by atoms with Gasteiger partial charge in [0.05, 0.1) is 7.11 Å². The Morgan fingerprint density at radius 3 is 2.71 bits per heavy atom. The average Bonchev–Trinajstić information content (AvgIpc) is 2.96. The summed E-state index contributed by atoms with van der Waals surface area (Å²) >= 11 is 0. The molecule has 1 fully saturated rings. The molecule has 1 N–H and O–H groups in total. The molecule has 0 aliphatic carbocycles. The summed E-state index contributed by atoms with van der Waals surface area (Å²) in [5.41, 5.74) is 2.56. The average molecular weight is 292 g/mol. The SMILES string of the molecule is COC(=O)c1n[nH]c2c1CN(CCN1CCCCC1)CC2. The summed E-state index contributed by atoms with van der Waals surface area (Å²) in [5.74, 6) is -0.342. The lowest BCUT2D eigenvalue weighted by molar-refractivity contribution is 0.0591. The Bertz CT molecular complexity index is 494. The summed E-state index contributed by atoms with van der Waals surface area (Å²) in [6.07, 6.45) is 4.97. The van der Waals surface area contributed by atoms with Crippen LogP contribution in [0.4, 0.5) is 0 Å². The Hall–Kier alpha value is -1.40. The Morgan fingerprint density at radius 1 is 1.19 bits per heavy atom. The van der Waals surface area contributed by atoms with Gasteiger partial charge in [-0.3, -0.25) is 10.00 Å². The topological polar surface area (TPSA) is 61.5 Å². The monoisotopic (exact) mass is 292 g/mol. The molecule has 0 radical (unpaired) electrons. The smallest absolute Gasteiger partial charge is 0.358 e. The second-order valence-electron chi connectivity index (χ2n) is 5.95. The number of methoxy groups -OCH3 is 1. The first kappa shape index (κ1) is 14.5. The van der Waals surface area contributed by atoms with Crippen molar-refractivity contribution in [1.82, 2.24) is 20.0 Å². The van der Waals surface area contributed by atoms with E-state index in [0.29, 0.717) is 5.69 Å². The maximum atomic E-state index is 11.7. The normalized spacial score (nSPS) is 20.2. The number of piperidine rings is 1. The molecule has 116 valence electrons. The second kappa shape index (κ2) is 6.58. The number of rotatable bonds is 4. The van der Waals surface area contributed by atoms with Crippen molar-refractivity contribution in [2.45, 2.75) is 32.2 Å². The summed E-state index contributed by atoms with van der Waals surface area (Å²) in [5, 5.41) is 7.10. The van der Waals surface area contributed by atoms with Crippen molar-refractivity contribution >= 4 is 5.97 Å². The number of aromatic nitrogens is 2. The molecule has 0 bridgehead atoms. The van der Waals surface area contributed by atoms with Crippen molar-refractivity contribution in [3.8, 4) is 0 Å². The third-order valence-electron chi connectivity index (χ3n) is 4.57. The zero-order valence-corrected chi connectivity index (χ0v) is 12.7. The molecule has 1 saturated heterocycles. The number of likely N-dealkylation sites (tertiary alicyclic amines) is 1. The number of nitrogens with one attached hydrogen (secondary N) is 1. The van der Waals surface area contributed by atoms with E-state index in [1.54, 1.807) is 0 Å². The first-order valence-electron chi connectivity index (χ1n) is 7.87. The maximum Gasteiger partial charge on any atom is 0.358 e. The van der Waals surface area contributed by atoms with E-state index in [1.807, 2.05) is 0 Å². The molecular weight excluding hydrogens is 268 g/mol. The lowest BCUT2D eigenvalue weighted by atomic mass is 10.1. The number of carbonyl (C=O) groups excluding carboxylic acids is 1. The van der Waals surface area contributed by atoms with Gasteiger partial charge in [0.15, 0.2) is 5.69 Å². The highest BCUT2D eigenvalue weighted by atomic mass is 16.5. The number of fused-ring (bicyclic) bond motifs is 1. The fraction of sp³-hybridized carbons (Fsp3) is 0.733. The first-order valence-corrected chi connectivity index (χ1v) is 7.87. The molecule has 6 nitrogen and oxygen atoms in total. The Balaban J connectivity index is 1.58. The molecule has 0 unspecified atom stereocenters. The molecule has 0 atom stereocenters. The number of carbonyl (C=O) groups is 1. The van der Waals surface area contributed by atoms with E-state index in [9.17, 15) is 4.79 Å². The van der Waals surface area contributed by atoms with E-state index in [-0.39, 0.29) is 5.97 Å². The van der Waals surface area contributed by atoms with Crippen LogP contribution in [0.25, 0.3) is 0 Å². The first-order chi connectivity index (χ1) is 10.3. The molecule has 0 saturated carbocycles. The van der Waals surface area contributed by atoms with Crippen LogP contribution in [0.2, 0.25) is 0 Å². The van der Waals surface area contributed by atoms with Gasteiger partial charge in [0.2, 0.25) is 0 Å². The zero-order valence-electron chi connectivity index (χ0n) is 12.7. The Labute approximate surface area is 125 Å². The van der Waals surface area contributed by atoms with Crippen LogP contribution in [0, 0.1) is 0 Å². The zero-order chi connectivity index (χ0) is 14.7. The van der Waals surface area contributed by atoms with Crippen LogP contribution in [0.15, 0.2) is 0 Å². The molecule has 1 aromatic heterocycles. The highest BCUT2D eigenvalue weighted by Gasteiger charge is 2.26. The summed E-state index contributed by atoms with van der Waals surface area (Å²) in [4.78, 5) is 16.7. The van der Waals surface area contributed by atoms with Gasteiger partial charge in [-0.25, -0.2) is 4.79 Å². The number of ether oxygens (including phenoxy) is 1. The van der Waals surface area contributed by atoms with E-state index in [4.69, 9.17) is 4.74 Å². The second-order valence-corrected chi connectivity index (χ2v) is 5.95. The van der Waals surface area contributed by atoms with E-state index in [1.165, 1.54) is 39.5 Å². The molecule has 3 rings (SSSR count). The van der Waals surface area contributed by atoms with Gasteiger partial charge in [0, 0.05) is 43.9 Å². The third kappa shape index (κ3) is 3.27. The standard InChI is InChI=1S/C15H24N4O2/c1-21-15(20)14-12-11-19(8-5-13(12)16-17-14)10-9-18-6-3-2-4-7-18/h2-11H2,1H3,(H,16,17). The molecule has 21 heavy (non-hydrogen) atoms. The number of esters is 1. The molecule has 6 heteroatoms. The van der Waals surface area contributed by atoms with E-state index >= 15 is 0 Å². The van der Waals surface area contributed by atoms with Gasteiger partial charge >= 0.3 is 5.97 Å². The molecule has 0 amide bonds. The maximum absolute atomic E-state index is 11.7. The van der Waals surface area contributed by atoms with Gasteiger partial charge in [-0.2, -0.15) is 5.10 Å². The minimum atomic E-state index is -0.342. The fourth-order valence-electron chi connectivity index (χ4n) is 3.27. The van der Waals surface area contributed by atoms with Crippen LogP contribution in [0.3, 0.4) is 0 Å². The van der Waals surface area contributed by atoms with Gasteiger partial charge in [-0.1, -0.05) is 6.42 Å². The van der Waals surface area contributed by atoms with E-state index in [0.717, 1.165) is 43.9 Å². The van der Waals surface area contributed by atoms with Crippen molar-refractivity contribution in [3.05, 3.63) is 17.0 Å². The van der Waals surface area contributed by atoms with Crippen molar-refractivity contribution < 1.29 is 9.53 Å². The van der Waals surface area contributed by atoms with Crippen LogP contribution in [-0.2, 0) is 17.7 Å². The predicted octanol–water partition coefficient (Wildman–Crippen LogP) is 1.04. The van der Waals surface area contributed by atoms with Crippen molar-refractivity contribution in [2.24, 2.45) is 0 Å². The van der Waals surface area contributed by atoms with Crippen LogP contribution in [-0.4, -0.2) is 65.8 Å². The number of hydrogen-bond acceptors (Lipinski definition) is 5. The lowest BCUT2D eigenvalue weighted by Gasteiger charge is -2.31. The van der Waals surface area contributed by atoms with Crippen molar-refractivity contribution in [1.29, 1.82) is 0 Å². The van der Waals surface area contributed by atoms with Crippen LogP contribution >= 0.6 is 0 Å². The molecular formula is C15H24N4O2. The van der Waals surface area contributed by atoms with Gasteiger partial charge in [-0.15, -0.1) is 0 Å². The van der Waals surface area contributed by atoms with Gasteiger partial charge in [0.1, 0.15) is 0 Å². The summed E-state index contributed by atoms with van der Waals surface area (Å²) < 4.78 is 4.80. The molecule has 3 heterocycles. The predicted molar refractivity (Wildman–Crippen MR) is 79.2 cm³/mol. The molecule has 2 aliphatic heterocycles. The number of nitrogens with zero attached hydrogens (tertiary/aromatic N) is 3. The quantitative estimate of drug-likeness (QED) is 0.840. The van der Waals surface area contributed by atoms with Crippen LogP contribution in [0.1, 0.15) is 41.0 Å². The highest BCUT2D eigenvalue weighted by molar-refractivity contribution is 5.89. The summed E-state index contributed by atoms with van der Waals surface area (Å²) in [6, 6.07) is 0. The van der Waals surface area contributed by atoms with Gasteiger partial charge in [-0.05, 0) is 25.9 Å². The van der Waals surface area contributed by atoms with Crippen LogP contribution in [0.5, 0.6) is 0 Å². The van der Waals surface area contributed by atoms with Gasteiger partial charge < -0.3 is 9.64 Å². The summed E-state index contributed by atoms with van der Waals surface area (Å²) in [6.45, 7) is 6.48. The summed E-state index contributed by atoms with van der Waals surface area (Å²) in [7, 11) is 1.40. The number of hydrogen-bond donors (Lipinski definition) is 1. The van der Waals surface area contributed by atoms with Gasteiger partial charge in [0.25, 0.3) is 0 Å². The lowest BCUT2D eigenvalue weighted by Crippen LogP contribution is -2.40. The highest BCUT2D eigenvalue weighted by Crippen LogP contribution is 2.21. The third-order valence-corrected chi connectivity index (χ3v) is 4.57. The molecule has 0 aromatic carbocycles. The Morgan fingerprint density at radius 2 is 1.95 bits per heavy atom. The molecule has 0 spiro atoms. The minimum absolute atomic E-state index is 0.342. The number of H-pyrrole nitrogens is 1. The fourth-order valence-corrected chi connectivity index (χ4v) is 3.27. The molecule has 2 aliphatic rings. The largest absolute Gasteiger partial charge is 0.464 e. The molecule has 1 aromatic rings. The number of aromatic amines is 1. The minimum Gasteiger partial charge on any atom is -0.464 e. The van der Waals surface area contributed by atoms with Crippen LogP contribution < -0.4 is 0 Å². The van der Waals surface area contributed by atoms with Crippen molar-refractivity contribution in [2.75, 3.05) is 39.8 Å². The van der Waals surface area contributed by atoms with E-state index in [2.05, 4.69) is 20.0 Å². The Kier molecular flexibility index (Phi) is 4.55.